The van der Waals surface area contributed by atoms with E-state index in [2.05, 4.69) is 15.0 Å². The SMILES string of the molecule is Cc1noc(C)c1C(=O)N(C)[C@@H]1CCCN(c2ccccn2)C1. The highest BCUT2D eigenvalue weighted by Gasteiger charge is 2.29. The van der Waals surface area contributed by atoms with Gasteiger partial charge in [0.25, 0.3) is 5.91 Å². The third-order valence-electron chi connectivity index (χ3n) is 4.49. The monoisotopic (exact) mass is 314 g/mol. The van der Waals surface area contributed by atoms with Gasteiger partial charge in [0.05, 0.1) is 5.69 Å². The Hall–Kier alpha value is -2.37. The van der Waals surface area contributed by atoms with Gasteiger partial charge in [0.1, 0.15) is 17.1 Å². The van der Waals surface area contributed by atoms with Gasteiger partial charge in [0, 0.05) is 32.4 Å². The molecule has 6 nitrogen and oxygen atoms in total. The summed E-state index contributed by atoms with van der Waals surface area (Å²) in [5.74, 6) is 1.53. The van der Waals surface area contributed by atoms with Crippen LogP contribution >= 0.6 is 0 Å². The molecule has 1 aliphatic rings. The lowest BCUT2D eigenvalue weighted by Gasteiger charge is -2.38. The highest BCUT2D eigenvalue weighted by Crippen LogP contribution is 2.22. The van der Waals surface area contributed by atoms with E-state index in [1.54, 1.807) is 20.0 Å². The summed E-state index contributed by atoms with van der Waals surface area (Å²) in [6, 6.07) is 6.08. The Morgan fingerprint density at radius 1 is 1.39 bits per heavy atom. The first kappa shape index (κ1) is 15.5. The zero-order valence-corrected chi connectivity index (χ0v) is 13.8. The lowest BCUT2D eigenvalue weighted by Crippen LogP contribution is -2.49. The molecule has 6 heteroatoms. The van der Waals surface area contributed by atoms with E-state index in [1.807, 2.05) is 30.1 Å². The van der Waals surface area contributed by atoms with Crippen LogP contribution in [0.2, 0.25) is 0 Å². The molecule has 0 radical (unpaired) electrons. The number of carbonyl (C=O) groups excluding carboxylic acids is 1. The molecule has 0 bridgehead atoms. The summed E-state index contributed by atoms with van der Waals surface area (Å²) in [6.07, 6.45) is 3.84. The van der Waals surface area contributed by atoms with Crippen molar-refractivity contribution in [1.29, 1.82) is 0 Å². The first-order chi connectivity index (χ1) is 11.1. The van der Waals surface area contributed by atoms with Gasteiger partial charge in [0.2, 0.25) is 0 Å². The second-order valence-corrected chi connectivity index (χ2v) is 6.05. The molecule has 0 spiro atoms. The molecule has 0 aromatic carbocycles. The number of piperidine rings is 1. The Bertz CT molecular complexity index is 664. The molecule has 2 aromatic heterocycles. The molecule has 1 atom stereocenters. The molecule has 0 saturated carbocycles. The number of amides is 1. The minimum Gasteiger partial charge on any atom is -0.361 e. The Morgan fingerprint density at radius 2 is 2.22 bits per heavy atom. The molecule has 0 aliphatic carbocycles. The number of hydrogen-bond acceptors (Lipinski definition) is 5. The average molecular weight is 314 g/mol. The van der Waals surface area contributed by atoms with E-state index < -0.39 is 0 Å². The zero-order chi connectivity index (χ0) is 16.4. The lowest BCUT2D eigenvalue weighted by molar-refractivity contribution is 0.0715. The van der Waals surface area contributed by atoms with Crippen LogP contribution < -0.4 is 4.90 Å². The van der Waals surface area contributed by atoms with Gasteiger partial charge in [-0.25, -0.2) is 4.98 Å². The average Bonchev–Trinajstić information content (AvgIpc) is 2.93. The molecule has 2 aromatic rings. The molecule has 1 fully saturated rings. The van der Waals surface area contributed by atoms with Crippen molar-refractivity contribution >= 4 is 11.7 Å². The van der Waals surface area contributed by atoms with Crippen LogP contribution in [0.5, 0.6) is 0 Å². The van der Waals surface area contributed by atoms with E-state index in [4.69, 9.17) is 4.52 Å². The lowest BCUT2D eigenvalue weighted by atomic mass is 10.0. The number of carbonyl (C=O) groups is 1. The van der Waals surface area contributed by atoms with E-state index >= 15 is 0 Å². The summed E-state index contributed by atoms with van der Waals surface area (Å²) in [6.45, 7) is 5.35. The van der Waals surface area contributed by atoms with Gasteiger partial charge in [-0.15, -0.1) is 0 Å². The van der Waals surface area contributed by atoms with Gasteiger partial charge >= 0.3 is 0 Å². The second-order valence-electron chi connectivity index (χ2n) is 6.05. The fourth-order valence-corrected chi connectivity index (χ4v) is 3.15. The molecule has 1 saturated heterocycles. The minimum atomic E-state index is -0.0193. The molecular weight excluding hydrogens is 292 g/mol. The number of aromatic nitrogens is 2. The summed E-state index contributed by atoms with van der Waals surface area (Å²) >= 11 is 0. The van der Waals surface area contributed by atoms with Crippen LogP contribution in [0.4, 0.5) is 5.82 Å². The van der Waals surface area contributed by atoms with Crippen LogP contribution in [0, 0.1) is 13.8 Å². The largest absolute Gasteiger partial charge is 0.361 e. The van der Waals surface area contributed by atoms with Gasteiger partial charge in [-0.3, -0.25) is 4.79 Å². The Morgan fingerprint density at radius 3 is 2.87 bits per heavy atom. The van der Waals surface area contributed by atoms with E-state index in [9.17, 15) is 4.79 Å². The van der Waals surface area contributed by atoms with Crippen molar-refractivity contribution in [2.45, 2.75) is 32.7 Å². The smallest absolute Gasteiger partial charge is 0.259 e. The standard InChI is InChI=1S/C17H22N4O2/c1-12-16(13(2)23-19-12)17(22)20(3)14-7-6-10-21(11-14)15-8-4-5-9-18-15/h4-5,8-9,14H,6-7,10-11H2,1-3H3/t14-/m1/s1. The fraction of sp³-hybridized carbons (Fsp3) is 0.471. The maximum Gasteiger partial charge on any atom is 0.259 e. The predicted octanol–water partition coefficient (Wildman–Crippen LogP) is 2.43. The van der Waals surface area contributed by atoms with Gasteiger partial charge < -0.3 is 14.3 Å². The van der Waals surface area contributed by atoms with Crippen LogP contribution in [0.1, 0.15) is 34.7 Å². The van der Waals surface area contributed by atoms with Crippen LogP contribution in [0.3, 0.4) is 0 Å². The molecule has 23 heavy (non-hydrogen) atoms. The summed E-state index contributed by atoms with van der Waals surface area (Å²) in [5, 5.41) is 3.88. The summed E-state index contributed by atoms with van der Waals surface area (Å²) in [4.78, 5) is 21.3. The van der Waals surface area contributed by atoms with Crippen molar-refractivity contribution in [3.8, 4) is 0 Å². The number of anilines is 1. The summed E-state index contributed by atoms with van der Waals surface area (Å²) in [7, 11) is 1.86. The third kappa shape index (κ3) is 3.06. The van der Waals surface area contributed by atoms with Crippen LogP contribution in [0.15, 0.2) is 28.9 Å². The molecule has 0 unspecified atom stereocenters. The molecule has 3 heterocycles. The van der Waals surface area contributed by atoms with Crippen molar-refractivity contribution in [3.05, 3.63) is 41.4 Å². The van der Waals surface area contributed by atoms with E-state index in [0.29, 0.717) is 17.0 Å². The number of hydrogen-bond donors (Lipinski definition) is 0. The van der Waals surface area contributed by atoms with E-state index in [1.165, 1.54) is 0 Å². The fourth-order valence-electron chi connectivity index (χ4n) is 3.15. The maximum atomic E-state index is 12.8. The van der Waals surface area contributed by atoms with Crippen LogP contribution in [0.25, 0.3) is 0 Å². The number of rotatable bonds is 3. The maximum absolute atomic E-state index is 12.8. The first-order valence-electron chi connectivity index (χ1n) is 7.94. The highest BCUT2D eigenvalue weighted by molar-refractivity contribution is 5.96. The summed E-state index contributed by atoms with van der Waals surface area (Å²) in [5.41, 5.74) is 1.24. The number of aryl methyl sites for hydroxylation is 2. The van der Waals surface area contributed by atoms with Crippen molar-refractivity contribution < 1.29 is 9.32 Å². The van der Waals surface area contributed by atoms with Crippen molar-refractivity contribution in [2.24, 2.45) is 0 Å². The van der Waals surface area contributed by atoms with E-state index in [0.717, 1.165) is 31.7 Å². The molecule has 0 N–H and O–H groups in total. The van der Waals surface area contributed by atoms with Crippen LogP contribution in [-0.2, 0) is 0 Å². The number of likely N-dealkylation sites (N-methyl/N-ethyl adjacent to an activating group) is 1. The second kappa shape index (κ2) is 6.40. The van der Waals surface area contributed by atoms with Crippen molar-refractivity contribution in [2.75, 3.05) is 25.0 Å². The topological polar surface area (TPSA) is 62.5 Å². The summed E-state index contributed by atoms with van der Waals surface area (Å²) < 4.78 is 5.13. The zero-order valence-electron chi connectivity index (χ0n) is 13.8. The molecule has 1 amide bonds. The van der Waals surface area contributed by atoms with Gasteiger partial charge in [-0.2, -0.15) is 0 Å². The Labute approximate surface area is 136 Å². The molecular formula is C17H22N4O2. The van der Waals surface area contributed by atoms with Crippen molar-refractivity contribution in [1.82, 2.24) is 15.0 Å². The van der Waals surface area contributed by atoms with Gasteiger partial charge in [-0.05, 0) is 38.8 Å². The first-order valence-corrected chi connectivity index (χ1v) is 7.94. The number of nitrogens with zero attached hydrogens (tertiary/aromatic N) is 4. The van der Waals surface area contributed by atoms with E-state index in [-0.39, 0.29) is 11.9 Å². The molecule has 3 rings (SSSR count). The molecule has 122 valence electrons. The van der Waals surface area contributed by atoms with Gasteiger partial charge in [0.15, 0.2) is 0 Å². The predicted molar refractivity (Wildman–Crippen MR) is 87.5 cm³/mol. The number of pyridine rings is 1. The Kier molecular flexibility index (Phi) is 4.32. The third-order valence-corrected chi connectivity index (χ3v) is 4.49. The molecule has 1 aliphatic heterocycles. The minimum absolute atomic E-state index is 0.0193. The van der Waals surface area contributed by atoms with Crippen molar-refractivity contribution in [3.63, 3.8) is 0 Å². The normalized spacial score (nSPS) is 18.0. The quantitative estimate of drug-likeness (QED) is 0.870. The Balaban J connectivity index is 1.75. The highest BCUT2D eigenvalue weighted by atomic mass is 16.5. The van der Waals surface area contributed by atoms with Crippen LogP contribution in [-0.4, -0.2) is 47.1 Å². The van der Waals surface area contributed by atoms with Gasteiger partial charge in [-0.1, -0.05) is 11.2 Å².